The predicted molar refractivity (Wildman–Crippen MR) is 67.7 cm³/mol. The van der Waals surface area contributed by atoms with Gasteiger partial charge >= 0.3 is 5.97 Å². The van der Waals surface area contributed by atoms with Crippen molar-refractivity contribution < 1.29 is 9.53 Å². The van der Waals surface area contributed by atoms with E-state index in [9.17, 15) is 4.79 Å². The van der Waals surface area contributed by atoms with Gasteiger partial charge in [-0.25, -0.2) is 0 Å². The summed E-state index contributed by atoms with van der Waals surface area (Å²) in [5, 5.41) is 0. The maximum absolute atomic E-state index is 10.8. The van der Waals surface area contributed by atoms with E-state index >= 15 is 0 Å². The number of aryl methyl sites for hydroxylation is 1. The van der Waals surface area contributed by atoms with Crippen LogP contribution in [-0.4, -0.2) is 13.1 Å². The topological polar surface area (TPSA) is 52.3 Å². The normalized spacial score (nSPS) is 9.31. The van der Waals surface area contributed by atoms with E-state index in [1.54, 1.807) is 0 Å². The summed E-state index contributed by atoms with van der Waals surface area (Å²) in [6.07, 6.45) is 3.31. The molecule has 90 valence electrons. The van der Waals surface area contributed by atoms with Gasteiger partial charge in [-0.05, 0) is 37.0 Å². The maximum Gasteiger partial charge on any atom is 0.305 e. The number of nitrogens with two attached hydrogens (primary N) is 1. The zero-order chi connectivity index (χ0) is 11.1. The minimum atomic E-state index is -0.137. The molecular formula is C12H18ClNO2. The average molecular weight is 244 g/mol. The van der Waals surface area contributed by atoms with Crippen molar-refractivity contribution in [3.05, 3.63) is 29.8 Å². The van der Waals surface area contributed by atoms with Crippen LogP contribution < -0.4 is 5.73 Å². The first-order chi connectivity index (χ1) is 7.22. The van der Waals surface area contributed by atoms with Crippen LogP contribution in [0.3, 0.4) is 0 Å². The van der Waals surface area contributed by atoms with Crippen molar-refractivity contribution >= 4 is 24.1 Å². The molecule has 0 aliphatic rings. The van der Waals surface area contributed by atoms with Gasteiger partial charge in [-0.3, -0.25) is 4.79 Å². The van der Waals surface area contributed by atoms with Crippen LogP contribution in [0.25, 0.3) is 0 Å². The Morgan fingerprint density at radius 2 is 2.12 bits per heavy atom. The second-order valence-corrected chi connectivity index (χ2v) is 3.53. The summed E-state index contributed by atoms with van der Waals surface area (Å²) in [7, 11) is 1.42. The number of halogens is 1. The molecule has 0 radical (unpaired) electrons. The molecule has 0 spiro atoms. The summed E-state index contributed by atoms with van der Waals surface area (Å²) in [4.78, 5) is 10.8. The van der Waals surface area contributed by atoms with E-state index in [1.807, 2.05) is 18.2 Å². The minimum absolute atomic E-state index is 0. The standard InChI is InChI=1S/C12H17NO2.ClH/c1-15-12(14)8-3-2-5-10-6-4-7-11(13)9-10;/h4,6-7,9H,2-3,5,8,13H2,1H3;1H. The SMILES string of the molecule is COC(=O)CCCCc1cccc(N)c1.Cl. The van der Waals surface area contributed by atoms with Crippen LogP contribution in [0.4, 0.5) is 5.69 Å². The second kappa shape index (κ2) is 7.99. The maximum atomic E-state index is 10.8. The quantitative estimate of drug-likeness (QED) is 0.491. The Morgan fingerprint density at radius 3 is 2.75 bits per heavy atom. The summed E-state index contributed by atoms with van der Waals surface area (Å²) in [5.74, 6) is -0.137. The first kappa shape index (κ1) is 14.8. The van der Waals surface area contributed by atoms with E-state index in [4.69, 9.17) is 5.73 Å². The lowest BCUT2D eigenvalue weighted by Gasteiger charge is -2.02. The van der Waals surface area contributed by atoms with Crippen LogP contribution in [0.15, 0.2) is 24.3 Å². The number of ether oxygens (including phenoxy) is 1. The predicted octanol–water partition coefficient (Wildman–Crippen LogP) is 2.58. The molecule has 0 aliphatic carbocycles. The highest BCUT2D eigenvalue weighted by atomic mass is 35.5. The number of unbranched alkanes of at least 4 members (excludes halogenated alkanes) is 1. The largest absolute Gasteiger partial charge is 0.469 e. The lowest BCUT2D eigenvalue weighted by Crippen LogP contribution is -1.99. The number of esters is 1. The average Bonchev–Trinajstić information content (AvgIpc) is 2.24. The highest BCUT2D eigenvalue weighted by molar-refractivity contribution is 5.85. The monoisotopic (exact) mass is 243 g/mol. The Morgan fingerprint density at radius 1 is 1.38 bits per heavy atom. The van der Waals surface area contributed by atoms with Crippen molar-refractivity contribution in [2.75, 3.05) is 12.8 Å². The van der Waals surface area contributed by atoms with Crippen LogP contribution in [0.2, 0.25) is 0 Å². The lowest BCUT2D eigenvalue weighted by atomic mass is 10.1. The second-order valence-electron chi connectivity index (χ2n) is 3.53. The zero-order valence-corrected chi connectivity index (χ0v) is 10.3. The molecule has 0 fully saturated rings. The number of benzene rings is 1. The first-order valence-electron chi connectivity index (χ1n) is 5.13. The Bertz CT molecular complexity index is 329. The Labute approximate surface area is 102 Å². The fourth-order valence-corrected chi connectivity index (χ4v) is 1.45. The highest BCUT2D eigenvalue weighted by Crippen LogP contribution is 2.10. The molecule has 1 aromatic carbocycles. The van der Waals surface area contributed by atoms with Crippen molar-refractivity contribution in [3.63, 3.8) is 0 Å². The Balaban J connectivity index is 0.00000225. The summed E-state index contributed by atoms with van der Waals surface area (Å²) in [5.41, 5.74) is 7.67. The molecule has 0 unspecified atom stereocenters. The zero-order valence-electron chi connectivity index (χ0n) is 9.44. The molecule has 0 heterocycles. The van der Waals surface area contributed by atoms with E-state index in [-0.39, 0.29) is 18.4 Å². The molecular weight excluding hydrogens is 226 g/mol. The summed E-state index contributed by atoms with van der Waals surface area (Å²) in [6.45, 7) is 0. The van der Waals surface area contributed by atoms with Crippen LogP contribution in [0.1, 0.15) is 24.8 Å². The van der Waals surface area contributed by atoms with Gasteiger partial charge in [0.05, 0.1) is 7.11 Å². The number of nitrogen functional groups attached to an aromatic ring is 1. The molecule has 1 aromatic rings. The van der Waals surface area contributed by atoms with Gasteiger partial charge in [0.25, 0.3) is 0 Å². The van der Waals surface area contributed by atoms with Gasteiger partial charge in [0.15, 0.2) is 0 Å². The number of carbonyl (C=O) groups is 1. The molecule has 0 saturated carbocycles. The fraction of sp³-hybridized carbons (Fsp3) is 0.417. The van der Waals surface area contributed by atoms with Crippen LogP contribution >= 0.6 is 12.4 Å². The van der Waals surface area contributed by atoms with Gasteiger partial charge < -0.3 is 10.5 Å². The third kappa shape index (κ3) is 5.61. The molecule has 0 aromatic heterocycles. The Kier molecular flexibility index (Phi) is 7.38. The van der Waals surface area contributed by atoms with Crippen molar-refractivity contribution in [1.29, 1.82) is 0 Å². The van der Waals surface area contributed by atoms with Gasteiger partial charge in [-0.2, -0.15) is 0 Å². The molecule has 3 nitrogen and oxygen atoms in total. The van der Waals surface area contributed by atoms with E-state index < -0.39 is 0 Å². The van der Waals surface area contributed by atoms with E-state index in [1.165, 1.54) is 12.7 Å². The van der Waals surface area contributed by atoms with E-state index in [0.717, 1.165) is 24.9 Å². The number of rotatable bonds is 5. The molecule has 0 saturated heterocycles. The molecule has 0 aliphatic heterocycles. The number of methoxy groups -OCH3 is 1. The molecule has 0 bridgehead atoms. The number of hydrogen-bond donors (Lipinski definition) is 1. The Hall–Kier alpha value is -1.22. The first-order valence-corrected chi connectivity index (χ1v) is 5.13. The fourth-order valence-electron chi connectivity index (χ4n) is 1.45. The summed E-state index contributed by atoms with van der Waals surface area (Å²) in [6, 6.07) is 7.84. The lowest BCUT2D eigenvalue weighted by molar-refractivity contribution is -0.140. The van der Waals surface area contributed by atoms with Crippen LogP contribution in [0.5, 0.6) is 0 Å². The third-order valence-electron chi connectivity index (χ3n) is 2.28. The van der Waals surface area contributed by atoms with E-state index in [0.29, 0.717) is 6.42 Å². The molecule has 0 atom stereocenters. The van der Waals surface area contributed by atoms with Crippen LogP contribution in [0, 0.1) is 0 Å². The van der Waals surface area contributed by atoms with Gasteiger partial charge in [0.1, 0.15) is 0 Å². The minimum Gasteiger partial charge on any atom is -0.469 e. The van der Waals surface area contributed by atoms with Crippen molar-refractivity contribution in [3.8, 4) is 0 Å². The molecule has 16 heavy (non-hydrogen) atoms. The molecule has 4 heteroatoms. The molecule has 2 N–H and O–H groups in total. The highest BCUT2D eigenvalue weighted by Gasteiger charge is 1.99. The van der Waals surface area contributed by atoms with Gasteiger partial charge in [-0.1, -0.05) is 12.1 Å². The number of hydrogen-bond acceptors (Lipinski definition) is 3. The van der Waals surface area contributed by atoms with Crippen LogP contribution in [-0.2, 0) is 16.0 Å². The van der Waals surface area contributed by atoms with Gasteiger partial charge in [0.2, 0.25) is 0 Å². The molecule has 1 rings (SSSR count). The number of carbonyl (C=O) groups excluding carboxylic acids is 1. The van der Waals surface area contributed by atoms with Crippen molar-refractivity contribution in [2.45, 2.75) is 25.7 Å². The molecule has 0 amide bonds. The third-order valence-corrected chi connectivity index (χ3v) is 2.28. The van der Waals surface area contributed by atoms with Crippen molar-refractivity contribution in [2.24, 2.45) is 0 Å². The summed E-state index contributed by atoms with van der Waals surface area (Å²) >= 11 is 0. The summed E-state index contributed by atoms with van der Waals surface area (Å²) < 4.78 is 4.56. The van der Waals surface area contributed by atoms with E-state index in [2.05, 4.69) is 10.8 Å². The van der Waals surface area contributed by atoms with Crippen molar-refractivity contribution in [1.82, 2.24) is 0 Å². The van der Waals surface area contributed by atoms with Gasteiger partial charge in [-0.15, -0.1) is 12.4 Å². The smallest absolute Gasteiger partial charge is 0.305 e. The number of anilines is 1. The van der Waals surface area contributed by atoms with Gasteiger partial charge in [0, 0.05) is 12.1 Å².